The predicted molar refractivity (Wildman–Crippen MR) is 116 cm³/mol. The molecule has 5 nitrogen and oxygen atoms in total. The smallest absolute Gasteiger partial charge is 0.251 e. The Bertz CT molecular complexity index is 1080. The third-order valence-electron chi connectivity index (χ3n) is 4.79. The maximum absolute atomic E-state index is 12.6. The predicted octanol–water partition coefficient (Wildman–Crippen LogP) is 4.44. The molecule has 1 heterocycles. The number of hydrogen-bond donors (Lipinski definition) is 1. The molecule has 0 bridgehead atoms. The summed E-state index contributed by atoms with van der Waals surface area (Å²) in [5, 5.41) is 2.98. The fourth-order valence-electron chi connectivity index (χ4n) is 3.16. The van der Waals surface area contributed by atoms with E-state index >= 15 is 0 Å². The highest BCUT2D eigenvalue weighted by atomic mass is 16.5. The van der Waals surface area contributed by atoms with Gasteiger partial charge in [-0.1, -0.05) is 60.7 Å². The number of carbonyl (C=O) groups excluding carboxylic acids is 1. The number of para-hydroxylation sites is 1. The number of amides is 1. The monoisotopic (exact) mass is 397 g/mol. The third-order valence-corrected chi connectivity index (χ3v) is 4.79. The van der Waals surface area contributed by atoms with Crippen molar-refractivity contribution in [2.75, 3.05) is 0 Å². The Hall–Kier alpha value is -3.86. The van der Waals surface area contributed by atoms with E-state index in [1.165, 1.54) is 0 Å². The number of nitrogens with zero attached hydrogens (tertiary/aromatic N) is 2. The average Bonchev–Trinajstić information content (AvgIpc) is 3.31. The Labute approximate surface area is 176 Å². The van der Waals surface area contributed by atoms with Crippen LogP contribution < -0.4 is 10.1 Å². The highest BCUT2D eigenvalue weighted by molar-refractivity contribution is 5.94. The lowest BCUT2D eigenvalue weighted by molar-refractivity contribution is 0.0950. The van der Waals surface area contributed by atoms with E-state index in [-0.39, 0.29) is 5.91 Å². The van der Waals surface area contributed by atoms with Crippen LogP contribution in [0.25, 0.3) is 0 Å². The topological polar surface area (TPSA) is 56.1 Å². The zero-order chi connectivity index (χ0) is 20.6. The van der Waals surface area contributed by atoms with Crippen molar-refractivity contribution in [1.82, 2.24) is 14.9 Å². The highest BCUT2D eigenvalue weighted by Gasteiger charge is 2.08. The van der Waals surface area contributed by atoms with E-state index in [1.807, 2.05) is 89.6 Å². The molecule has 1 N–H and O–H groups in total. The Morgan fingerprint density at radius 3 is 2.43 bits per heavy atom. The fraction of sp³-hybridized carbons (Fsp3) is 0.120. The van der Waals surface area contributed by atoms with Crippen molar-refractivity contribution in [2.45, 2.75) is 19.7 Å². The van der Waals surface area contributed by atoms with Crippen LogP contribution in [-0.4, -0.2) is 15.5 Å². The number of benzene rings is 3. The molecule has 0 radical (unpaired) electrons. The van der Waals surface area contributed by atoms with Gasteiger partial charge in [-0.2, -0.15) is 0 Å². The molecule has 3 aromatic carbocycles. The first-order valence-corrected chi connectivity index (χ1v) is 9.85. The van der Waals surface area contributed by atoms with Crippen LogP contribution in [0, 0.1) is 0 Å². The second-order valence-corrected chi connectivity index (χ2v) is 7.00. The Morgan fingerprint density at radius 2 is 1.67 bits per heavy atom. The number of rotatable bonds is 8. The SMILES string of the molecule is O=C(NCc1ccccc1OCc1ccccc1)c1ccc(Cn2ccnc2)cc1. The fourth-order valence-corrected chi connectivity index (χ4v) is 3.16. The van der Waals surface area contributed by atoms with Crippen LogP contribution in [0.15, 0.2) is 97.6 Å². The molecule has 0 aliphatic rings. The minimum Gasteiger partial charge on any atom is -0.489 e. The maximum Gasteiger partial charge on any atom is 0.251 e. The minimum atomic E-state index is -0.109. The van der Waals surface area contributed by atoms with Gasteiger partial charge in [-0.05, 0) is 29.3 Å². The number of aromatic nitrogens is 2. The maximum atomic E-state index is 12.6. The summed E-state index contributed by atoms with van der Waals surface area (Å²) in [5.41, 5.74) is 3.79. The van der Waals surface area contributed by atoms with E-state index in [0.29, 0.717) is 18.7 Å². The van der Waals surface area contributed by atoms with Crippen LogP contribution in [0.4, 0.5) is 0 Å². The molecule has 1 aromatic heterocycles. The Kier molecular flexibility index (Phi) is 6.20. The highest BCUT2D eigenvalue weighted by Crippen LogP contribution is 2.19. The number of imidazole rings is 1. The van der Waals surface area contributed by atoms with Crippen molar-refractivity contribution < 1.29 is 9.53 Å². The van der Waals surface area contributed by atoms with Gasteiger partial charge in [-0.25, -0.2) is 4.98 Å². The third kappa shape index (κ3) is 5.14. The molecule has 5 heteroatoms. The summed E-state index contributed by atoms with van der Waals surface area (Å²) in [6.07, 6.45) is 5.44. The standard InChI is InChI=1S/C25H23N3O2/c29-25(22-12-10-20(11-13-22)17-28-15-14-26-19-28)27-16-23-8-4-5-9-24(23)30-18-21-6-2-1-3-7-21/h1-15,19H,16-18H2,(H,27,29). The molecule has 0 aliphatic heterocycles. The van der Waals surface area contributed by atoms with E-state index in [4.69, 9.17) is 4.74 Å². The van der Waals surface area contributed by atoms with Crippen molar-refractivity contribution in [1.29, 1.82) is 0 Å². The second-order valence-electron chi connectivity index (χ2n) is 7.00. The normalized spacial score (nSPS) is 10.5. The van der Waals surface area contributed by atoms with Crippen molar-refractivity contribution in [3.63, 3.8) is 0 Å². The Balaban J connectivity index is 1.34. The molecule has 0 unspecified atom stereocenters. The first kappa shape index (κ1) is 19.5. The molecule has 0 saturated heterocycles. The van der Waals surface area contributed by atoms with Crippen LogP contribution >= 0.6 is 0 Å². The van der Waals surface area contributed by atoms with Crippen molar-refractivity contribution in [3.8, 4) is 5.75 Å². The van der Waals surface area contributed by atoms with E-state index in [0.717, 1.165) is 29.0 Å². The molecule has 4 aromatic rings. The summed E-state index contributed by atoms with van der Waals surface area (Å²) < 4.78 is 7.96. The zero-order valence-corrected chi connectivity index (χ0v) is 16.6. The zero-order valence-electron chi connectivity index (χ0n) is 16.6. The summed E-state index contributed by atoms with van der Waals surface area (Å²) >= 11 is 0. The molecule has 0 saturated carbocycles. The van der Waals surface area contributed by atoms with Crippen molar-refractivity contribution >= 4 is 5.91 Å². The summed E-state index contributed by atoms with van der Waals surface area (Å²) in [6.45, 7) is 1.62. The van der Waals surface area contributed by atoms with Crippen molar-refractivity contribution in [3.05, 3.63) is 120 Å². The van der Waals surface area contributed by atoms with Gasteiger partial charge in [-0.15, -0.1) is 0 Å². The average molecular weight is 397 g/mol. The van der Waals surface area contributed by atoms with Crippen LogP contribution in [0.1, 0.15) is 27.0 Å². The van der Waals surface area contributed by atoms with Crippen LogP contribution in [0.2, 0.25) is 0 Å². The first-order chi connectivity index (χ1) is 14.8. The molecule has 0 aliphatic carbocycles. The summed E-state index contributed by atoms with van der Waals surface area (Å²) in [5.74, 6) is 0.666. The van der Waals surface area contributed by atoms with Gasteiger partial charge in [0.15, 0.2) is 0 Å². The molecular formula is C25H23N3O2. The van der Waals surface area contributed by atoms with Gasteiger partial charge in [0.25, 0.3) is 5.91 Å². The van der Waals surface area contributed by atoms with E-state index < -0.39 is 0 Å². The van der Waals surface area contributed by atoms with Crippen LogP contribution in [0.5, 0.6) is 5.75 Å². The first-order valence-electron chi connectivity index (χ1n) is 9.85. The summed E-state index contributed by atoms with van der Waals surface area (Å²) in [4.78, 5) is 16.6. The molecule has 150 valence electrons. The van der Waals surface area contributed by atoms with E-state index in [9.17, 15) is 4.79 Å². The van der Waals surface area contributed by atoms with Gasteiger partial charge >= 0.3 is 0 Å². The molecule has 0 atom stereocenters. The lowest BCUT2D eigenvalue weighted by atomic mass is 10.1. The molecular weight excluding hydrogens is 374 g/mol. The lowest BCUT2D eigenvalue weighted by Crippen LogP contribution is -2.23. The molecule has 0 spiro atoms. The van der Waals surface area contributed by atoms with Crippen LogP contribution in [0.3, 0.4) is 0 Å². The molecule has 4 rings (SSSR count). The van der Waals surface area contributed by atoms with Gasteiger partial charge < -0.3 is 14.6 Å². The second kappa shape index (κ2) is 9.56. The van der Waals surface area contributed by atoms with E-state index in [2.05, 4.69) is 10.3 Å². The van der Waals surface area contributed by atoms with Gasteiger partial charge in [-0.3, -0.25) is 4.79 Å². The Morgan fingerprint density at radius 1 is 0.900 bits per heavy atom. The molecule has 30 heavy (non-hydrogen) atoms. The van der Waals surface area contributed by atoms with Gasteiger partial charge in [0, 0.05) is 36.6 Å². The van der Waals surface area contributed by atoms with Gasteiger partial charge in [0.1, 0.15) is 12.4 Å². The summed E-state index contributed by atoms with van der Waals surface area (Å²) in [7, 11) is 0. The summed E-state index contributed by atoms with van der Waals surface area (Å²) in [6, 6.07) is 25.4. The number of ether oxygens (including phenoxy) is 1. The lowest BCUT2D eigenvalue weighted by Gasteiger charge is -2.12. The van der Waals surface area contributed by atoms with Crippen molar-refractivity contribution in [2.24, 2.45) is 0 Å². The quantitative estimate of drug-likeness (QED) is 0.478. The largest absolute Gasteiger partial charge is 0.489 e. The number of hydrogen-bond acceptors (Lipinski definition) is 3. The number of nitrogens with one attached hydrogen (secondary N) is 1. The van der Waals surface area contributed by atoms with Gasteiger partial charge in [0.05, 0.1) is 6.33 Å². The molecule has 0 fully saturated rings. The van der Waals surface area contributed by atoms with Crippen LogP contribution in [-0.2, 0) is 19.7 Å². The van der Waals surface area contributed by atoms with Gasteiger partial charge in [0.2, 0.25) is 0 Å². The number of carbonyl (C=O) groups is 1. The molecule has 1 amide bonds. The van der Waals surface area contributed by atoms with E-state index in [1.54, 1.807) is 12.5 Å². The minimum absolute atomic E-state index is 0.109.